The van der Waals surface area contributed by atoms with E-state index in [4.69, 9.17) is 0 Å². The van der Waals surface area contributed by atoms with Gasteiger partial charge in [0.25, 0.3) is 5.91 Å². The van der Waals surface area contributed by atoms with Gasteiger partial charge in [-0.25, -0.2) is 4.39 Å². The van der Waals surface area contributed by atoms with Crippen molar-refractivity contribution >= 4 is 11.8 Å². The minimum absolute atomic E-state index is 0.00906. The molecule has 172 valence electrons. The van der Waals surface area contributed by atoms with Crippen LogP contribution in [0.5, 0.6) is 0 Å². The van der Waals surface area contributed by atoms with Crippen molar-refractivity contribution in [3.05, 3.63) is 46.8 Å². The second kappa shape index (κ2) is 10.3. The van der Waals surface area contributed by atoms with Crippen LogP contribution in [0.15, 0.2) is 29.8 Å². The predicted molar refractivity (Wildman–Crippen MR) is 111 cm³/mol. The number of halogens is 4. The number of nitrogens with one attached hydrogen (secondary N) is 2. The molecule has 8 heteroatoms. The van der Waals surface area contributed by atoms with Gasteiger partial charge in [0.05, 0.1) is 5.56 Å². The van der Waals surface area contributed by atoms with Gasteiger partial charge in [0.1, 0.15) is 5.82 Å². The Kier molecular flexibility index (Phi) is 8.26. The van der Waals surface area contributed by atoms with Crippen molar-refractivity contribution in [2.75, 3.05) is 6.54 Å². The second-order valence-electron chi connectivity index (χ2n) is 9.08. The van der Waals surface area contributed by atoms with Crippen LogP contribution in [-0.4, -0.2) is 23.9 Å². The Balaban J connectivity index is 1.83. The SMILES string of the molecule is CC(C)(C)NC(=O)CCC1=CCCC(CNC(=O)c2cc(F)cc(C(F)(F)F)c2)CC1. The summed E-state index contributed by atoms with van der Waals surface area (Å²) in [4.78, 5) is 24.2. The first-order valence-electron chi connectivity index (χ1n) is 10.5. The van der Waals surface area contributed by atoms with E-state index in [1.807, 2.05) is 20.8 Å². The van der Waals surface area contributed by atoms with Crippen LogP contribution >= 0.6 is 0 Å². The van der Waals surface area contributed by atoms with Gasteiger partial charge in [0, 0.05) is 24.1 Å². The Morgan fingerprint density at radius 3 is 2.45 bits per heavy atom. The van der Waals surface area contributed by atoms with E-state index in [1.54, 1.807) is 0 Å². The summed E-state index contributed by atoms with van der Waals surface area (Å²) in [7, 11) is 0. The minimum atomic E-state index is -4.72. The number of hydrogen-bond donors (Lipinski definition) is 2. The van der Waals surface area contributed by atoms with Crippen molar-refractivity contribution in [3.63, 3.8) is 0 Å². The Morgan fingerprint density at radius 2 is 1.81 bits per heavy atom. The molecule has 2 amide bonds. The highest BCUT2D eigenvalue weighted by molar-refractivity contribution is 5.94. The molecule has 1 aliphatic carbocycles. The van der Waals surface area contributed by atoms with Crippen LogP contribution < -0.4 is 10.6 Å². The van der Waals surface area contributed by atoms with Crippen LogP contribution in [0.4, 0.5) is 17.6 Å². The first-order valence-corrected chi connectivity index (χ1v) is 10.5. The monoisotopic (exact) mass is 442 g/mol. The summed E-state index contributed by atoms with van der Waals surface area (Å²) >= 11 is 0. The van der Waals surface area contributed by atoms with Gasteiger partial charge in [-0.2, -0.15) is 13.2 Å². The topological polar surface area (TPSA) is 58.2 Å². The lowest BCUT2D eigenvalue weighted by molar-refractivity contribution is -0.137. The fourth-order valence-electron chi connectivity index (χ4n) is 3.57. The van der Waals surface area contributed by atoms with E-state index in [0.717, 1.165) is 31.7 Å². The molecule has 0 fully saturated rings. The molecular weight excluding hydrogens is 412 g/mol. The molecule has 1 atom stereocenters. The minimum Gasteiger partial charge on any atom is -0.352 e. The van der Waals surface area contributed by atoms with Crippen molar-refractivity contribution < 1.29 is 27.2 Å². The van der Waals surface area contributed by atoms with Crippen LogP contribution in [0, 0.1) is 11.7 Å². The molecule has 4 nitrogen and oxygen atoms in total. The number of alkyl halides is 3. The number of rotatable bonds is 6. The summed E-state index contributed by atoms with van der Waals surface area (Å²) in [6.45, 7) is 6.11. The maximum Gasteiger partial charge on any atom is 0.416 e. The smallest absolute Gasteiger partial charge is 0.352 e. The molecule has 0 saturated carbocycles. The third kappa shape index (κ3) is 8.71. The van der Waals surface area contributed by atoms with E-state index in [-0.39, 0.29) is 22.9 Å². The third-order valence-corrected chi connectivity index (χ3v) is 5.11. The van der Waals surface area contributed by atoms with E-state index in [2.05, 4.69) is 16.7 Å². The lowest BCUT2D eigenvalue weighted by Crippen LogP contribution is -2.40. The van der Waals surface area contributed by atoms with Gasteiger partial charge in [-0.1, -0.05) is 11.6 Å². The van der Waals surface area contributed by atoms with Gasteiger partial charge >= 0.3 is 6.18 Å². The summed E-state index contributed by atoms with van der Waals surface area (Å²) < 4.78 is 52.0. The predicted octanol–water partition coefficient (Wildman–Crippen LogP) is 5.39. The summed E-state index contributed by atoms with van der Waals surface area (Å²) in [5.74, 6) is -1.65. The molecular formula is C23H30F4N2O2. The first kappa shape index (κ1) is 24.9. The van der Waals surface area contributed by atoms with Crippen molar-refractivity contribution in [2.45, 2.75) is 71.0 Å². The number of carbonyl (C=O) groups excluding carboxylic acids is 2. The number of amides is 2. The Labute approximate surface area is 180 Å². The zero-order valence-electron chi connectivity index (χ0n) is 18.2. The van der Waals surface area contributed by atoms with Gasteiger partial charge in [-0.15, -0.1) is 0 Å². The molecule has 31 heavy (non-hydrogen) atoms. The lowest BCUT2D eigenvalue weighted by atomic mass is 9.97. The van der Waals surface area contributed by atoms with Crippen molar-refractivity contribution in [1.29, 1.82) is 0 Å². The summed E-state index contributed by atoms with van der Waals surface area (Å²) in [6.07, 6.45) is 1.78. The van der Waals surface area contributed by atoms with E-state index in [1.165, 1.54) is 5.57 Å². The van der Waals surface area contributed by atoms with Crippen LogP contribution in [0.25, 0.3) is 0 Å². The van der Waals surface area contributed by atoms with Crippen molar-refractivity contribution in [3.8, 4) is 0 Å². The highest BCUT2D eigenvalue weighted by Gasteiger charge is 2.32. The molecule has 0 aliphatic heterocycles. The summed E-state index contributed by atoms with van der Waals surface area (Å²) in [6, 6.07) is 1.84. The fourth-order valence-corrected chi connectivity index (χ4v) is 3.57. The average molecular weight is 442 g/mol. The van der Waals surface area contributed by atoms with Gasteiger partial charge in [-0.3, -0.25) is 9.59 Å². The molecule has 0 spiro atoms. The number of carbonyl (C=O) groups is 2. The number of benzene rings is 1. The van der Waals surface area contributed by atoms with E-state index in [9.17, 15) is 27.2 Å². The van der Waals surface area contributed by atoms with Crippen LogP contribution in [-0.2, 0) is 11.0 Å². The summed E-state index contributed by atoms with van der Waals surface area (Å²) in [5.41, 5.74) is -0.584. The maximum atomic E-state index is 13.5. The molecule has 1 aromatic carbocycles. The third-order valence-electron chi connectivity index (χ3n) is 5.11. The molecule has 1 aromatic rings. The maximum absolute atomic E-state index is 13.5. The van der Waals surface area contributed by atoms with Gasteiger partial charge in [-0.05, 0) is 77.0 Å². The molecule has 0 heterocycles. The lowest BCUT2D eigenvalue weighted by Gasteiger charge is -2.20. The molecule has 0 radical (unpaired) electrons. The van der Waals surface area contributed by atoms with Crippen LogP contribution in [0.3, 0.4) is 0 Å². The Hall–Kier alpha value is -2.38. The Bertz CT molecular complexity index is 826. The van der Waals surface area contributed by atoms with Crippen molar-refractivity contribution in [1.82, 2.24) is 10.6 Å². The van der Waals surface area contributed by atoms with Gasteiger partial charge in [0.2, 0.25) is 5.91 Å². The Morgan fingerprint density at radius 1 is 1.10 bits per heavy atom. The molecule has 0 saturated heterocycles. The highest BCUT2D eigenvalue weighted by Crippen LogP contribution is 2.30. The van der Waals surface area contributed by atoms with Crippen LogP contribution in [0.1, 0.15) is 75.2 Å². The number of allylic oxidation sites excluding steroid dienone is 2. The van der Waals surface area contributed by atoms with Gasteiger partial charge < -0.3 is 10.6 Å². The summed E-state index contributed by atoms with van der Waals surface area (Å²) in [5, 5.41) is 5.57. The quantitative estimate of drug-likeness (QED) is 0.459. The van der Waals surface area contributed by atoms with E-state index in [0.29, 0.717) is 31.5 Å². The fraction of sp³-hybridized carbons (Fsp3) is 0.565. The van der Waals surface area contributed by atoms with E-state index >= 15 is 0 Å². The molecule has 1 aliphatic rings. The molecule has 2 rings (SSSR count). The zero-order chi connectivity index (χ0) is 23.2. The molecule has 0 bridgehead atoms. The van der Waals surface area contributed by atoms with Crippen molar-refractivity contribution in [2.24, 2.45) is 5.92 Å². The van der Waals surface area contributed by atoms with Crippen LogP contribution in [0.2, 0.25) is 0 Å². The molecule has 0 aromatic heterocycles. The zero-order valence-corrected chi connectivity index (χ0v) is 18.2. The normalized spacial score (nSPS) is 17.5. The van der Waals surface area contributed by atoms with E-state index < -0.39 is 23.5 Å². The molecule has 2 N–H and O–H groups in total. The van der Waals surface area contributed by atoms with Gasteiger partial charge in [0.15, 0.2) is 0 Å². The number of hydrogen-bond acceptors (Lipinski definition) is 2. The largest absolute Gasteiger partial charge is 0.416 e. The first-order chi connectivity index (χ1) is 14.3. The average Bonchev–Trinajstić information content (AvgIpc) is 2.87. The standard InChI is InChI=1S/C23H30F4N2O2/c1-22(2,3)29-20(30)10-9-15-5-4-6-16(8-7-15)14-28-21(31)17-11-18(23(25,26)27)13-19(24)12-17/h5,11-13,16H,4,6-10,14H2,1-3H3,(H,28,31)(H,29,30). The second-order valence-corrected chi connectivity index (χ2v) is 9.08. The highest BCUT2D eigenvalue weighted by atomic mass is 19.4. The molecule has 1 unspecified atom stereocenters.